The molecule has 0 aliphatic carbocycles. The number of rotatable bonds is 7. The highest BCUT2D eigenvalue weighted by molar-refractivity contribution is 7.87. The minimum absolute atomic E-state index is 0.0929. The molecule has 0 saturated heterocycles. The lowest BCUT2D eigenvalue weighted by molar-refractivity contribution is -0.121. The third-order valence-corrected chi connectivity index (χ3v) is 3.06. The summed E-state index contributed by atoms with van der Waals surface area (Å²) in [5.74, 6) is 0. The molecule has 1 atom stereocenters. The average molecular weight is 293 g/mol. The van der Waals surface area contributed by atoms with E-state index in [1.807, 2.05) is 4.72 Å². The maximum Gasteiger partial charge on any atom is 0.402 e. The van der Waals surface area contributed by atoms with Crippen LogP contribution in [0.25, 0.3) is 0 Å². The quantitative estimate of drug-likeness (QED) is 0.594. The molecule has 0 saturated carbocycles. The van der Waals surface area contributed by atoms with Gasteiger partial charge in [-0.1, -0.05) is 19.1 Å². The van der Waals surface area contributed by atoms with E-state index in [1.54, 1.807) is 6.92 Å². The molecule has 0 spiro atoms. The van der Waals surface area contributed by atoms with Gasteiger partial charge in [0.05, 0.1) is 4.99 Å². The number of nitrogens with two attached hydrogens (primary N) is 1. The van der Waals surface area contributed by atoms with Crippen LogP contribution >= 0.6 is 12.2 Å². The molecule has 0 heterocycles. The van der Waals surface area contributed by atoms with Crippen LogP contribution in [0.4, 0.5) is 13.2 Å². The monoisotopic (exact) mass is 293 g/mol. The van der Waals surface area contributed by atoms with Crippen LogP contribution in [0.5, 0.6) is 0 Å². The van der Waals surface area contributed by atoms with E-state index >= 15 is 0 Å². The number of nitrogens with one attached hydrogen (secondary N) is 2. The van der Waals surface area contributed by atoms with E-state index in [0.29, 0.717) is 6.42 Å². The summed E-state index contributed by atoms with van der Waals surface area (Å²) in [5, 5.41) is 0. The number of halogens is 3. The van der Waals surface area contributed by atoms with E-state index in [0.717, 1.165) is 0 Å². The molecule has 102 valence electrons. The summed E-state index contributed by atoms with van der Waals surface area (Å²) in [6.45, 7) is 0.0427. The van der Waals surface area contributed by atoms with Crippen LogP contribution in [0.1, 0.15) is 19.8 Å². The topological polar surface area (TPSA) is 84.2 Å². The predicted octanol–water partition coefficient (Wildman–Crippen LogP) is 0.427. The van der Waals surface area contributed by atoms with Crippen LogP contribution in [-0.4, -0.2) is 32.2 Å². The minimum atomic E-state index is -4.60. The molecule has 0 aliphatic rings. The second kappa shape index (κ2) is 6.47. The molecule has 0 rings (SSSR count). The average Bonchev–Trinajstić information content (AvgIpc) is 2.12. The Morgan fingerprint density at radius 2 is 2.00 bits per heavy atom. The number of hydrogen-bond donors (Lipinski definition) is 3. The Morgan fingerprint density at radius 3 is 2.35 bits per heavy atom. The fourth-order valence-electron chi connectivity index (χ4n) is 0.950. The molecule has 0 aromatic carbocycles. The largest absolute Gasteiger partial charge is 0.402 e. The van der Waals surface area contributed by atoms with E-state index < -0.39 is 29.0 Å². The molecule has 0 amide bonds. The predicted molar refractivity (Wildman–Crippen MR) is 61.6 cm³/mol. The first-order valence-corrected chi connectivity index (χ1v) is 6.57. The van der Waals surface area contributed by atoms with Crippen molar-refractivity contribution in [3.63, 3.8) is 0 Å². The van der Waals surface area contributed by atoms with Gasteiger partial charge in [0.25, 0.3) is 10.2 Å². The maximum atomic E-state index is 11.8. The fraction of sp³-hybridized carbons (Fsp3) is 0.857. The standard InChI is InChI=1S/C7H14F3N3O2S2/c1-2-5(3-6(11)16)13-17(14,15)12-4-7(8,9)10/h5,12-13H,2-4H2,1H3,(H2,11,16). The van der Waals surface area contributed by atoms with E-state index in [9.17, 15) is 21.6 Å². The SMILES string of the molecule is CCC(CC(N)=S)NS(=O)(=O)NCC(F)(F)F. The zero-order valence-corrected chi connectivity index (χ0v) is 10.7. The number of alkyl halides is 3. The van der Waals surface area contributed by atoms with Crippen molar-refractivity contribution >= 4 is 27.4 Å². The van der Waals surface area contributed by atoms with Crippen LogP contribution in [0.3, 0.4) is 0 Å². The Hall–Kier alpha value is -0.450. The van der Waals surface area contributed by atoms with Gasteiger partial charge < -0.3 is 5.73 Å². The van der Waals surface area contributed by atoms with Gasteiger partial charge in [-0.3, -0.25) is 0 Å². The third-order valence-electron chi connectivity index (χ3n) is 1.72. The fourth-order valence-corrected chi connectivity index (χ4v) is 2.28. The number of hydrogen-bond acceptors (Lipinski definition) is 3. The van der Waals surface area contributed by atoms with Crippen molar-refractivity contribution in [2.75, 3.05) is 6.54 Å². The summed E-state index contributed by atoms with van der Waals surface area (Å²) < 4.78 is 61.3. The van der Waals surface area contributed by atoms with E-state index in [-0.39, 0.29) is 11.4 Å². The third kappa shape index (κ3) is 9.27. The smallest absolute Gasteiger partial charge is 0.393 e. The normalized spacial score (nSPS) is 14.6. The van der Waals surface area contributed by atoms with Crippen LogP contribution in [-0.2, 0) is 10.2 Å². The first-order valence-electron chi connectivity index (χ1n) is 4.67. The van der Waals surface area contributed by atoms with Crippen molar-refractivity contribution in [2.45, 2.75) is 32.0 Å². The van der Waals surface area contributed by atoms with E-state index in [4.69, 9.17) is 5.73 Å². The van der Waals surface area contributed by atoms with Gasteiger partial charge in [-0.05, 0) is 6.42 Å². The Balaban J connectivity index is 4.37. The molecule has 0 aliphatic heterocycles. The van der Waals surface area contributed by atoms with Gasteiger partial charge in [0.2, 0.25) is 0 Å². The lowest BCUT2D eigenvalue weighted by atomic mass is 10.2. The van der Waals surface area contributed by atoms with Gasteiger partial charge in [-0.2, -0.15) is 31.0 Å². The second-order valence-electron chi connectivity index (χ2n) is 3.33. The highest BCUT2D eigenvalue weighted by Crippen LogP contribution is 2.12. The molecule has 0 radical (unpaired) electrons. The second-order valence-corrected chi connectivity index (χ2v) is 5.39. The molecular formula is C7H14F3N3O2S2. The lowest BCUT2D eigenvalue weighted by Gasteiger charge is -2.17. The van der Waals surface area contributed by atoms with Gasteiger partial charge in [0.1, 0.15) is 6.54 Å². The summed E-state index contributed by atoms with van der Waals surface area (Å²) >= 11 is 4.59. The zero-order valence-electron chi connectivity index (χ0n) is 9.04. The maximum absolute atomic E-state index is 11.8. The lowest BCUT2D eigenvalue weighted by Crippen LogP contribution is -2.46. The Kier molecular flexibility index (Phi) is 6.30. The molecule has 1 unspecified atom stereocenters. The van der Waals surface area contributed by atoms with Crippen molar-refractivity contribution in [3.8, 4) is 0 Å². The van der Waals surface area contributed by atoms with Crippen molar-refractivity contribution < 1.29 is 21.6 Å². The molecule has 10 heteroatoms. The molecule has 5 nitrogen and oxygen atoms in total. The van der Waals surface area contributed by atoms with Gasteiger partial charge in [-0.25, -0.2) is 0 Å². The zero-order chi connectivity index (χ0) is 13.7. The Morgan fingerprint density at radius 1 is 1.47 bits per heavy atom. The van der Waals surface area contributed by atoms with Gasteiger partial charge in [0, 0.05) is 12.5 Å². The summed E-state index contributed by atoms with van der Waals surface area (Å²) in [5.41, 5.74) is 5.23. The van der Waals surface area contributed by atoms with Crippen LogP contribution < -0.4 is 15.2 Å². The van der Waals surface area contributed by atoms with E-state index in [2.05, 4.69) is 12.2 Å². The van der Waals surface area contributed by atoms with Crippen molar-refractivity contribution in [1.82, 2.24) is 9.44 Å². The first-order chi connectivity index (χ1) is 7.56. The van der Waals surface area contributed by atoms with Crippen molar-refractivity contribution in [3.05, 3.63) is 0 Å². The van der Waals surface area contributed by atoms with Crippen molar-refractivity contribution in [2.24, 2.45) is 5.73 Å². The van der Waals surface area contributed by atoms with Crippen LogP contribution in [0.2, 0.25) is 0 Å². The summed E-state index contributed by atoms with van der Waals surface area (Å²) in [4.78, 5) is 0.0929. The summed E-state index contributed by atoms with van der Waals surface area (Å²) in [6, 6.07) is -0.613. The summed E-state index contributed by atoms with van der Waals surface area (Å²) in [6.07, 6.45) is -4.14. The Bertz CT molecular complexity index is 356. The molecule has 0 aromatic rings. The molecule has 17 heavy (non-hydrogen) atoms. The molecule has 0 aromatic heterocycles. The van der Waals surface area contributed by atoms with Crippen LogP contribution in [0.15, 0.2) is 0 Å². The molecule has 0 bridgehead atoms. The highest BCUT2D eigenvalue weighted by Gasteiger charge is 2.30. The van der Waals surface area contributed by atoms with E-state index in [1.165, 1.54) is 4.72 Å². The van der Waals surface area contributed by atoms with Crippen molar-refractivity contribution in [1.29, 1.82) is 0 Å². The Labute approximate surface area is 103 Å². The summed E-state index contributed by atoms with van der Waals surface area (Å²) in [7, 11) is -4.21. The van der Waals surface area contributed by atoms with Gasteiger partial charge in [0.15, 0.2) is 0 Å². The molecule has 4 N–H and O–H groups in total. The number of thiocarbonyl (C=S) groups is 1. The van der Waals surface area contributed by atoms with Crippen LogP contribution in [0, 0.1) is 0 Å². The van der Waals surface area contributed by atoms with Gasteiger partial charge >= 0.3 is 6.18 Å². The minimum Gasteiger partial charge on any atom is -0.393 e. The molecular weight excluding hydrogens is 279 g/mol. The molecule has 0 fully saturated rings. The first kappa shape index (κ1) is 16.6. The highest BCUT2D eigenvalue weighted by atomic mass is 32.2. The van der Waals surface area contributed by atoms with Gasteiger partial charge in [-0.15, -0.1) is 0 Å².